The molecule has 1 aromatic heterocycles. The van der Waals surface area contributed by atoms with Crippen molar-refractivity contribution in [3.63, 3.8) is 0 Å². The topological polar surface area (TPSA) is 69.1 Å². The number of halogens is 1. The summed E-state index contributed by atoms with van der Waals surface area (Å²) in [4.78, 5) is 11.0. The minimum absolute atomic E-state index is 0.119. The maximum Gasteiger partial charge on any atom is 0.222 e. The van der Waals surface area contributed by atoms with Crippen LogP contribution in [0.3, 0.4) is 0 Å². The molecule has 2 unspecified atom stereocenters. The molecule has 0 spiro atoms. The lowest BCUT2D eigenvalue weighted by atomic mass is 9.90. The number of anilines is 1. The quantitative estimate of drug-likeness (QED) is 0.430. The second-order valence-electron chi connectivity index (χ2n) is 7.71. The first kappa shape index (κ1) is 24.4. The first-order valence-electron chi connectivity index (χ1n) is 10.2. The van der Waals surface area contributed by atoms with Crippen LogP contribution in [0.25, 0.3) is 0 Å². The van der Waals surface area contributed by atoms with Crippen LogP contribution < -0.4 is 5.73 Å². The van der Waals surface area contributed by atoms with Gasteiger partial charge in [0, 0.05) is 22.0 Å². The van der Waals surface area contributed by atoms with Gasteiger partial charge in [-0.05, 0) is 62.8 Å². The summed E-state index contributed by atoms with van der Waals surface area (Å²) in [6.07, 6.45) is 6.04. The second kappa shape index (κ2) is 12.1. The Morgan fingerprint density at radius 1 is 1.14 bits per heavy atom. The number of Topliss-reactive ketones (excluding diaryl/α,β-unsaturated/α-hetero) is 1. The highest BCUT2D eigenvalue weighted by molar-refractivity contribution is 9.10. The molecule has 0 aliphatic heterocycles. The molecule has 0 fully saturated rings. The molecule has 2 atom stereocenters. The number of ketones is 1. The lowest BCUT2D eigenvalue weighted by molar-refractivity contribution is 0.101. The number of hydrogen-bond donors (Lipinski definition) is 1. The van der Waals surface area contributed by atoms with Crippen LogP contribution in [0.5, 0.6) is 0 Å². The molecule has 0 amide bonds. The van der Waals surface area contributed by atoms with Gasteiger partial charge in [0.1, 0.15) is 0 Å². The van der Waals surface area contributed by atoms with Gasteiger partial charge in [-0.15, -0.1) is 0 Å². The van der Waals surface area contributed by atoms with E-state index in [9.17, 15) is 4.79 Å². The van der Waals surface area contributed by atoms with Crippen LogP contribution in [0.2, 0.25) is 0 Å². The average molecular weight is 451 g/mol. The Morgan fingerprint density at radius 3 is 2.18 bits per heavy atom. The molecule has 0 bridgehead atoms. The maximum atomic E-state index is 11.0. The summed E-state index contributed by atoms with van der Waals surface area (Å²) < 4.78 is 6.04. The molecular formula is C23H35BrN2O2. The van der Waals surface area contributed by atoms with E-state index in [0.717, 1.165) is 32.8 Å². The van der Waals surface area contributed by atoms with Crippen molar-refractivity contribution in [3.8, 4) is 0 Å². The number of aryl methyl sites for hydroxylation is 2. The normalized spacial score (nSPS) is 12.8. The predicted octanol–water partition coefficient (Wildman–Crippen LogP) is 7.24. The largest absolute Gasteiger partial charge is 0.368 e. The van der Waals surface area contributed by atoms with E-state index in [-0.39, 0.29) is 5.78 Å². The molecule has 0 saturated carbocycles. The van der Waals surface area contributed by atoms with E-state index in [1.807, 2.05) is 32.0 Å². The lowest BCUT2D eigenvalue weighted by Crippen LogP contribution is -2.02. The highest BCUT2D eigenvalue weighted by atomic mass is 79.9. The van der Waals surface area contributed by atoms with E-state index >= 15 is 0 Å². The molecule has 5 heteroatoms. The zero-order valence-corrected chi connectivity index (χ0v) is 19.7. The Morgan fingerprint density at radius 2 is 1.75 bits per heavy atom. The van der Waals surface area contributed by atoms with Crippen molar-refractivity contribution >= 4 is 27.6 Å². The van der Waals surface area contributed by atoms with Gasteiger partial charge in [0.2, 0.25) is 5.88 Å². The Bertz CT molecular complexity index is 732. The number of carbonyl (C=O) groups is 1. The second-order valence-corrected chi connectivity index (χ2v) is 8.50. The van der Waals surface area contributed by atoms with Gasteiger partial charge >= 0.3 is 0 Å². The molecule has 0 radical (unpaired) electrons. The van der Waals surface area contributed by atoms with E-state index in [1.165, 1.54) is 32.1 Å². The highest BCUT2D eigenvalue weighted by Gasteiger charge is 2.16. The fourth-order valence-corrected chi connectivity index (χ4v) is 3.35. The molecule has 0 saturated heterocycles. The minimum Gasteiger partial charge on any atom is -0.368 e. The summed E-state index contributed by atoms with van der Waals surface area (Å²) >= 11 is 3.45. The number of nitrogen functional groups attached to an aromatic ring is 1. The molecule has 2 N–H and O–H groups in total. The van der Waals surface area contributed by atoms with Crippen LogP contribution in [0, 0.1) is 19.8 Å². The van der Waals surface area contributed by atoms with Gasteiger partial charge in [-0.2, -0.15) is 0 Å². The summed E-state index contributed by atoms with van der Waals surface area (Å²) in [5.74, 6) is 1.86. The highest BCUT2D eigenvalue weighted by Crippen LogP contribution is 2.28. The van der Waals surface area contributed by atoms with Crippen LogP contribution in [-0.4, -0.2) is 10.9 Å². The van der Waals surface area contributed by atoms with Crippen molar-refractivity contribution in [3.05, 3.63) is 45.1 Å². The van der Waals surface area contributed by atoms with Crippen molar-refractivity contribution in [2.24, 2.45) is 5.92 Å². The SMILES string of the molecule is CC(=O)c1cc(C)c(Br)c(C)c1.CCCC(CCC(C)CC)c1cc(N)on1. The molecule has 1 heterocycles. The van der Waals surface area contributed by atoms with Crippen molar-refractivity contribution in [1.29, 1.82) is 0 Å². The number of nitrogens with two attached hydrogens (primary N) is 1. The van der Waals surface area contributed by atoms with E-state index in [2.05, 4.69) is 41.9 Å². The van der Waals surface area contributed by atoms with Crippen molar-refractivity contribution < 1.29 is 9.32 Å². The molecule has 156 valence electrons. The van der Waals surface area contributed by atoms with Gasteiger partial charge in [-0.3, -0.25) is 4.79 Å². The van der Waals surface area contributed by atoms with Crippen LogP contribution in [-0.2, 0) is 0 Å². The third-order valence-corrected chi connectivity index (χ3v) is 6.40. The van der Waals surface area contributed by atoms with Gasteiger partial charge in [-0.25, -0.2) is 0 Å². The number of rotatable bonds is 8. The number of benzene rings is 1. The van der Waals surface area contributed by atoms with E-state index in [4.69, 9.17) is 10.3 Å². The number of carbonyl (C=O) groups excluding carboxylic acids is 1. The van der Waals surface area contributed by atoms with Crippen LogP contribution in [0.1, 0.15) is 92.9 Å². The van der Waals surface area contributed by atoms with Gasteiger partial charge in [-0.1, -0.05) is 61.1 Å². The monoisotopic (exact) mass is 450 g/mol. The molecule has 0 aliphatic rings. The lowest BCUT2D eigenvalue weighted by Gasteiger charge is -2.15. The Hall–Kier alpha value is -1.62. The molecule has 1 aromatic carbocycles. The molecule has 28 heavy (non-hydrogen) atoms. The first-order valence-corrected chi connectivity index (χ1v) is 11.0. The van der Waals surface area contributed by atoms with E-state index in [0.29, 0.717) is 11.8 Å². The summed E-state index contributed by atoms with van der Waals surface area (Å²) in [6, 6.07) is 5.68. The number of aromatic nitrogens is 1. The van der Waals surface area contributed by atoms with Gasteiger partial charge in [0.25, 0.3) is 0 Å². The van der Waals surface area contributed by atoms with Crippen LogP contribution in [0.15, 0.2) is 27.2 Å². The minimum atomic E-state index is 0.119. The predicted molar refractivity (Wildman–Crippen MR) is 121 cm³/mol. The van der Waals surface area contributed by atoms with Crippen LogP contribution in [0.4, 0.5) is 5.88 Å². The van der Waals surface area contributed by atoms with E-state index in [1.54, 1.807) is 6.92 Å². The molecule has 2 aromatic rings. The average Bonchev–Trinajstić information content (AvgIpc) is 3.09. The number of hydrogen-bond acceptors (Lipinski definition) is 4. The summed E-state index contributed by atoms with van der Waals surface area (Å²) in [7, 11) is 0. The van der Waals surface area contributed by atoms with Crippen LogP contribution >= 0.6 is 15.9 Å². The van der Waals surface area contributed by atoms with Crippen molar-refractivity contribution in [2.75, 3.05) is 5.73 Å². The first-order chi connectivity index (χ1) is 13.2. The van der Waals surface area contributed by atoms with Gasteiger partial charge in [0.15, 0.2) is 5.78 Å². The number of nitrogens with zero attached hydrogens (tertiary/aromatic N) is 1. The maximum absolute atomic E-state index is 11.0. The molecule has 0 aliphatic carbocycles. The molecule has 4 nitrogen and oxygen atoms in total. The third kappa shape index (κ3) is 7.78. The molecule has 2 rings (SSSR count). The Labute approximate surface area is 178 Å². The fourth-order valence-electron chi connectivity index (χ4n) is 3.12. The fraction of sp³-hybridized carbons (Fsp3) is 0.565. The van der Waals surface area contributed by atoms with Gasteiger partial charge in [0.05, 0.1) is 5.69 Å². The van der Waals surface area contributed by atoms with E-state index < -0.39 is 0 Å². The van der Waals surface area contributed by atoms with Crippen molar-refractivity contribution in [2.45, 2.75) is 79.6 Å². The molecular weight excluding hydrogens is 416 g/mol. The summed E-state index contributed by atoms with van der Waals surface area (Å²) in [6.45, 7) is 12.3. The zero-order chi connectivity index (χ0) is 21.3. The zero-order valence-electron chi connectivity index (χ0n) is 18.1. The standard InChI is InChI=1S/C13H24N2O.C10H11BrO/c1-4-6-11(8-7-10(3)5-2)12-9-13(14)16-15-12;1-6-4-9(8(3)12)5-7(2)10(6)11/h9-11H,4-8,14H2,1-3H3;4-5H,1-3H3. The Balaban J connectivity index is 0.000000292. The smallest absolute Gasteiger partial charge is 0.222 e. The third-order valence-electron chi connectivity index (χ3n) is 5.15. The van der Waals surface area contributed by atoms with Gasteiger partial charge < -0.3 is 10.3 Å². The summed E-state index contributed by atoms with van der Waals surface area (Å²) in [5, 5.41) is 4.04. The van der Waals surface area contributed by atoms with Crippen molar-refractivity contribution in [1.82, 2.24) is 5.16 Å². The summed E-state index contributed by atoms with van der Waals surface area (Å²) in [5.41, 5.74) is 9.60. The Kier molecular flexibility index (Phi) is 10.5.